The molecule has 1 aliphatic rings. The summed E-state index contributed by atoms with van der Waals surface area (Å²) < 4.78 is 2.37. The van der Waals surface area contributed by atoms with E-state index in [1.165, 1.54) is 75.0 Å². The number of anilines is 1. The first-order chi connectivity index (χ1) is 12.9. The van der Waals surface area contributed by atoms with Crippen LogP contribution in [0, 0.1) is 0 Å². The highest BCUT2D eigenvalue weighted by Crippen LogP contribution is 2.20. The molecule has 2 heterocycles. The predicted octanol–water partition coefficient (Wildman–Crippen LogP) is 2.72. The Hall–Kier alpha value is -1.61. The molecule has 0 aliphatic carbocycles. The molecule has 0 unspecified atom stereocenters. The van der Waals surface area contributed by atoms with Gasteiger partial charge < -0.3 is 21.9 Å². The van der Waals surface area contributed by atoms with Crippen molar-refractivity contribution in [2.75, 3.05) is 18.0 Å². The molecule has 0 radical (unpaired) electrons. The fourth-order valence-electron chi connectivity index (χ4n) is 3.68. The lowest BCUT2D eigenvalue weighted by molar-refractivity contribution is -0.699. The Balaban J connectivity index is 0.00000261. The molecule has 0 atom stereocenters. The molecule has 0 spiro atoms. The molecule has 0 bridgehead atoms. The predicted molar refractivity (Wildman–Crippen MR) is 112 cm³/mol. The average molecular weight is 429 g/mol. The van der Waals surface area contributed by atoms with Gasteiger partial charge >= 0.3 is 0 Å². The van der Waals surface area contributed by atoms with Gasteiger partial charge in [-0.3, -0.25) is 0 Å². The van der Waals surface area contributed by atoms with Crippen LogP contribution in [0.4, 0.5) is 5.69 Å². The molecule has 0 amide bonds. The SMILES string of the molecule is CCCCCC[n+]1ccccc1C=Cc1ccc(N2CCCCC2)cc1.[Br-]. The number of piperidine rings is 1. The van der Waals surface area contributed by atoms with Crippen molar-refractivity contribution in [1.82, 2.24) is 0 Å². The molecular formula is C24H33BrN2. The van der Waals surface area contributed by atoms with Gasteiger partial charge in [-0.1, -0.05) is 31.9 Å². The second-order valence-electron chi connectivity index (χ2n) is 7.35. The zero-order chi connectivity index (χ0) is 18.0. The third-order valence-corrected chi connectivity index (χ3v) is 5.29. The van der Waals surface area contributed by atoms with Gasteiger partial charge in [-0.2, -0.15) is 4.57 Å². The fourth-order valence-corrected chi connectivity index (χ4v) is 3.68. The molecule has 0 N–H and O–H groups in total. The number of pyridine rings is 1. The highest BCUT2D eigenvalue weighted by molar-refractivity contribution is 5.68. The molecule has 1 fully saturated rings. The third-order valence-electron chi connectivity index (χ3n) is 5.29. The van der Waals surface area contributed by atoms with Gasteiger partial charge in [-0.15, -0.1) is 0 Å². The van der Waals surface area contributed by atoms with Crippen LogP contribution in [0.3, 0.4) is 0 Å². The summed E-state index contributed by atoms with van der Waals surface area (Å²) in [6.45, 7) is 5.78. The van der Waals surface area contributed by atoms with Gasteiger partial charge in [0.25, 0.3) is 0 Å². The Morgan fingerprint density at radius 2 is 1.67 bits per heavy atom. The highest BCUT2D eigenvalue weighted by Gasteiger charge is 2.10. The number of aromatic nitrogens is 1. The Morgan fingerprint density at radius 3 is 2.41 bits per heavy atom. The summed E-state index contributed by atoms with van der Waals surface area (Å²) in [5.41, 5.74) is 3.92. The van der Waals surface area contributed by atoms with E-state index in [1.54, 1.807) is 0 Å². The van der Waals surface area contributed by atoms with Crippen molar-refractivity contribution in [3.63, 3.8) is 0 Å². The molecule has 146 valence electrons. The molecule has 1 aromatic heterocycles. The third kappa shape index (κ3) is 6.80. The van der Waals surface area contributed by atoms with Crippen LogP contribution in [0.2, 0.25) is 0 Å². The molecule has 2 nitrogen and oxygen atoms in total. The van der Waals surface area contributed by atoms with Crippen LogP contribution in [0.1, 0.15) is 63.1 Å². The standard InChI is InChI=1S/C24H33N2.BrH/c1-2-3-4-7-18-25-21-10-6-11-23(25)15-12-22-13-16-24(17-14-22)26-19-8-5-9-20-26;/h6,10-17,21H,2-5,7-9,18-20H2,1H3;1H/q+1;/p-1. The van der Waals surface area contributed by atoms with Gasteiger partial charge in [-0.05, 0) is 55.5 Å². The minimum absolute atomic E-state index is 0. The van der Waals surface area contributed by atoms with Crippen LogP contribution in [0.25, 0.3) is 12.2 Å². The number of aryl methyl sites for hydroxylation is 1. The van der Waals surface area contributed by atoms with Crippen LogP contribution in [0.15, 0.2) is 48.7 Å². The lowest BCUT2D eigenvalue weighted by atomic mass is 10.1. The highest BCUT2D eigenvalue weighted by atomic mass is 79.9. The lowest BCUT2D eigenvalue weighted by Crippen LogP contribution is -3.00. The summed E-state index contributed by atoms with van der Waals surface area (Å²) in [7, 11) is 0. The largest absolute Gasteiger partial charge is 1.00 e. The van der Waals surface area contributed by atoms with Crippen LogP contribution < -0.4 is 26.4 Å². The van der Waals surface area contributed by atoms with E-state index in [9.17, 15) is 0 Å². The number of hydrogen-bond acceptors (Lipinski definition) is 1. The van der Waals surface area contributed by atoms with Crippen molar-refractivity contribution in [3.8, 4) is 0 Å². The van der Waals surface area contributed by atoms with Gasteiger partial charge in [-0.25, -0.2) is 0 Å². The minimum atomic E-state index is 0. The fraction of sp³-hybridized carbons (Fsp3) is 0.458. The molecule has 27 heavy (non-hydrogen) atoms. The van der Waals surface area contributed by atoms with E-state index in [2.05, 4.69) is 77.2 Å². The molecule has 1 aromatic carbocycles. The van der Waals surface area contributed by atoms with Crippen molar-refractivity contribution in [2.45, 2.75) is 58.4 Å². The smallest absolute Gasteiger partial charge is 0.205 e. The van der Waals surface area contributed by atoms with E-state index >= 15 is 0 Å². The topological polar surface area (TPSA) is 7.12 Å². The first kappa shape index (κ1) is 21.7. The Labute approximate surface area is 175 Å². The Bertz CT molecular complexity index is 688. The van der Waals surface area contributed by atoms with Crippen LogP contribution in [-0.4, -0.2) is 13.1 Å². The second-order valence-corrected chi connectivity index (χ2v) is 7.35. The summed E-state index contributed by atoms with van der Waals surface area (Å²) in [5, 5.41) is 0. The van der Waals surface area contributed by atoms with Crippen LogP contribution >= 0.6 is 0 Å². The number of hydrogen-bond donors (Lipinski definition) is 0. The Morgan fingerprint density at radius 1 is 0.889 bits per heavy atom. The molecule has 1 aliphatic heterocycles. The normalized spacial score (nSPS) is 14.3. The zero-order valence-electron chi connectivity index (χ0n) is 16.6. The average Bonchev–Trinajstić information content (AvgIpc) is 2.71. The summed E-state index contributed by atoms with van der Waals surface area (Å²) in [6, 6.07) is 15.5. The molecule has 1 saturated heterocycles. The van der Waals surface area contributed by atoms with Crippen LogP contribution in [0.5, 0.6) is 0 Å². The van der Waals surface area contributed by atoms with Gasteiger partial charge in [0.1, 0.15) is 6.54 Å². The minimum Gasteiger partial charge on any atom is -1.00 e. The van der Waals surface area contributed by atoms with E-state index in [1.807, 2.05) is 0 Å². The monoisotopic (exact) mass is 428 g/mol. The number of benzene rings is 1. The van der Waals surface area contributed by atoms with E-state index in [-0.39, 0.29) is 17.0 Å². The first-order valence-corrected chi connectivity index (χ1v) is 10.4. The van der Waals surface area contributed by atoms with Gasteiger partial charge in [0.05, 0.1) is 0 Å². The maximum Gasteiger partial charge on any atom is 0.205 e. The Kier molecular flexibility index (Phi) is 9.61. The van der Waals surface area contributed by atoms with Crippen molar-refractivity contribution in [3.05, 3.63) is 59.9 Å². The number of halogens is 1. The van der Waals surface area contributed by atoms with Crippen LogP contribution in [-0.2, 0) is 6.54 Å². The number of rotatable bonds is 8. The summed E-state index contributed by atoms with van der Waals surface area (Å²) >= 11 is 0. The van der Waals surface area contributed by atoms with E-state index in [4.69, 9.17) is 0 Å². The van der Waals surface area contributed by atoms with E-state index in [0.29, 0.717) is 0 Å². The van der Waals surface area contributed by atoms with Crippen molar-refractivity contribution >= 4 is 17.8 Å². The summed E-state index contributed by atoms with van der Waals surface area (Å²) in [6.07, 6.45) is 15.9. The van der Waals surface area contributed by atoms with Crippen molar-refractivity contribution in [1.29, 1.82) is 0 Å². The molecule has 2 aromatic rings. The maximum atomic E-state index is 2.51. The van der Waals surface area contributed by atoms with Gasteiger partial charge in [0.2, 0.25) is 5.69 Å². The summed E-state index contributed by atoms with van der Waals surface area (Å²) in [5.74, 6) is 0. The van der Waals surface area contributed by atoms with Gasteiger partial charge in [0, 0.05) is 43.4 Å². The summed E-state index contributed by atoms with van der Waals surface area (Å²) in [4.78, 5) is 2.51. The lowest BCUT2D eigenvalue weighted by Gasteiger charge is -2.28. The van der Waals surface area contributed by atoms with Crippen molar-refractivity contribution in [2.24, 2.45) is 0 Å². The molecule has 0 saturated carbocycles. The quantitative estimate of drug-likeness (QED) is 0.463. The number of nitrogens with zero attached hydrogens (tertiary/aromatic N) is 2. The molecular weight excluding hydrogens is 396 g/mol. The van der Waals surface area contributed by atoms with E-state index < -0.39 is 0 Å². The molecule has 3 heteroatoms. The van der Waals surface area contributed by atoms with Crippen molar-refractivity contribution < 1.29 is 21.5 Å². The van der Waals surface area contributed by atoms with E-state index in [0.717, 1.165) is 6.54 Å². The maximum absolute atomic E-state index is 2.51. The van der Waals surface area contributed by atoms with Gasteiger partial charge in [0.15, 0.2) is 6.20 Å². The zero-order valence-corrected chi connectivity index (χ0v) is 18.2. The molecule has 3 rings (SSSR count). The number of unbranched alkanes of at least 4 members (excludes halogenated alkanes) is 3. The first-order valence-electron chi connectivity index (χ1n) is 10.4. The second kappa shape index (κ2) is 12.0.